The Morgan fingerprint density at radius 3 is 2.61 bits per heavy atom. The number of carbonyl (C=O) groups is 1. The molecular formula is C26H25F4N3O2S. The Labute approximate surface area is 210 Å². The van der Waals surface area contributed by atoms with Crippen LogP contribution in [0.25, 0.3) is 0 Å². The fourth-order valence-corrected chi connectivity index (χ4v) is 5.74. The normalized spacial score (nSPS) is 21.3. The molecule has 1 amide bonds. The molecule has 190 valence electrons. The fraction of sp³-hybridized carbons (Fsp3) is 0.385. The van der Waals surface area contributed by atoms with Gasteiger partial charge in [0.25, 0.3) is 5.91 Å². The molecule has 2 aromatic carbocycles. The molecule has 1 saturated carbocycles. The third kappa shape index (κ3) is 5.70. The van der Waals surface area contributed by atoms with Crippen LogP contribution in [0, 0.1) is 30.5 Å². The van der Waals surface area contributed by atoms with Gasteiger partial charge in [0.15, 0.2) is 0 Å². The van der Waals surface area contributed by atoms with Gasteiger partial charge >= 0.3 is 6.36 Å². The highest BCUT2D eigenvalue weighted by Gasteiger charge is 2.55. The van der Waals surface area contributed by atoms with E-state index in [-0.39, 0.29) is 24.0 Å². The zero-order valence-electron chi connectivity index (χ0n) is 19.5. The molecule has 5 nitrogen and oxygen atoms in total. The molecule has 0 bridgehead atoms. The third-order valence-corrected chi connectivity index (χ3v) is 7.54. The highest BCUT2D eigenvalue weighted by molar-refractivity contribution is 7.07. The van der Waals surface area contributed by atoms with Crippen LogP contribution in [0.2, 0.25) is 0 Å². The van der Waals surface area contributed by atoms with E-state index < -0.39 is 6.36 Å². The molecule has 2 atom stereocenters. The Morgan fingerprint density at radius 1 is 1.17 bits per heavy atom. The molecule has 2 fully saturated rings. The highest BCUT2D eigenvalue weighted by Crippen LogP contribution is 2.52. The lowest BCUT2D eigenvalue weighted by Crippen LogP contribution is -2.35. The second-order valence-electron chi connectivity index (χ2n) is 9.52. The minimum atomic E-state index is -4.78. The van der Waals surface area contributed by atoms with Gasteiger partial charge in [-0.25, -0.2) is 9.37 Å². The van der Waals surface area contributed by atoms with Crippen LogP contribution in [0.5, 0.6) is 5.75 Å². The minimum absolute atomic E-state index is 0.167. The van der Waals surface area contributed by atoms with Crippen molar-refractivity contribution < 1.29 is 27.1 Å². The summed E-state index contributed by atoms with van der Waals surface area (Å²) in [5, 5.41) is 1.68. The van der Waals surface area contributed by atoms with Gasteiger partial charge in [-0.15, -0.1) is 24.5 Å². The minimum Gasteiger partial charge on any atom is -0.406 e. The summed E-state index contributed by atoms with van der Waals surface area (Å²) in [5.41, 5.74) is 4.19. The van der Waals surface area contributed by atoms with Crippen LogP contribution in [-0.2, 0) is 13.1 Å². The average Bonchev–Trinajstić information content (AvgIpc) is 3.20. The number of nitrogens with zero attached hydrogens (tertiary/aromatic N) is 3. The zero-order valence-corrected chi connectivity index (χ0v) is 20.4. The quantitative estimate of drug-likeness (QED) is 0.368. The molecule has 1 aliphatic carbocycles. The van der Waals surface area contributed by atoms with E-state index in [0.29, 0.717) is 41.1 Å². The number of fused-ring (bicyclic) bond motifs is 1. The van der Waals surface area contributed by atoms with Crippen molar-refractivity contribution >= 4 is 17.2 Å². The maximum absolute atomic E-state index is 13.6. The fourth-order valence-electron chi connectivity index (χ4n) is 5.22. The van der Waals surface area contributed by atoms with Gasteiger partial charge in [-0.05, 0) is 59.6 Å². The number of piperidine rings is 1. The topological polar surface area (TPSA) is 45.7 Å². The van der Waals surface area contributed by atoms with E-state index in [1.165, 1.54) is 35.6 Å². The number of halogens is 4. The third-order valence-electron chi connectivity index (χ3n) is 6.95. The predicted molar refractivity (Wildman–Crippen MR) is 127 cm³/mol. The van der Waals surface area contributed by atoms with E-state index in [9.17, 15) is 22.4 Å². The standard InChI is InChI=1S/C26H25F4N3O2S/c1-16-7-18(5-6-23(16)27)9-32-11-20-21(12-32)22(20)13-33(25(34)24-14-36-15-31-24)10-17-3-2-4-19(8-17)35-26(28,29)30/h2-8,14-15,20-22H,9-13H2,1H3. The van der Waals surface area contributed by atoms with E-state index >= 15 is 0 Å². The first-order valence-electron chi connectivity index (χ1n) is 11.7. The second kappa shape index (κ2) is 9.82. The number of hydrogen-bond acceptors (Lipinski definition) is 5. The monoisotopic (exact) mass is 519 g/mol. The van der Waals surface area contributed by atoms with E-state index in [1.807, 2.05) is 12.1 Å². The van der Waals surface area contributed by atoms with Crippen LogP contribution in [-0.4, -0.2) is 46.7 Å². The van der Waals surface area contributed by atoms with Crippen molar-refractivity contribution in [2.75, 3.05) is 19.6 Å². The number of aromatic nitrogens is 1. The lowest BCUT2D eigenvalue weighted by atomic mass is 10.1. The van der Waals surface area contributed by atoms with Crippen LogP contribution in [0.1, 0.15) is 27.2 Å². The molecule has 0 spiro atoms. The van der Waals surface area contributed by atoms with Crippen LogP contribution in [0.4, 0.5) is 17.6 Å². The van der Waals surface area contributed by atoms with Gasteiger partial charge in [0.05, 0.1) is 5.51 Å². The molecule has 2 aliphatic rings. The Morgan fingerprint density at radius 2 is 1.94 bits per heavy atom. The van der Waals surface area contributed by atoms with Gasteiger partial charge < -0.3 is 9.64 Å². The summed E-state index contributed by atoms with van der Waals surface area (Å²) < 4.78 is 55.6. The van der Waals surface area contributed by atoms with Crippen molar-refractivity contribution in [3.8, 4) is 5.75 Å². The lowest BCUT2D eigenvalue weighted by molar-refractivity contribution is -0.274. The lowest BCUT2D eigenvalue weighted by Gasteiger charge is -2.25. The molecule has 1 aliphatic heterocycles. The largest absolute Gasteiger partial charge is 0.573 e. The van der Waals surface area contributed by atoms with E-state index in [0.717, 1.165) is 25.2 Å². The zero-order chi connectivity index (χ0) is 25.4. The number of carbonyl (C=O) groups excluding carboxylic acids is 1. The predicted octanol–water partition coefficient (Wildman–Crippen LogP) is 5.51. The molecule has 5 rings (SSSR count). The van der Waals surface area contributed by atoms with Gasteiger partial charge in [-0.3, -0.25) is 9.69 Å². The number of likely N-dealkylation sites (tertiary alicyclic amines) is 1. The van der Waals surface area contributed by atoms with Crippen molar-refractivity contribution in [1.82, 2.24) is 14.8 Å². The van der Waals surface area contributed by atoms with Crippen LogP contribution < -0.4 is 4.74 Å². The molecule has 0 N–H and O–H groups in total. The SMILES string of the molecule is Cc1cc(CN2CC3C(C2)C3CN(Cc2cccc(OC(F)(F)F)c2)C(=O)c2cscn2)ccc1F. The number of benzene rings is 2. The van der Waals surface area contributed by atoms with Gasteiger partial charge in [0.1, 0.15) is 17.3 Å². The van der Waals surface area contributed by atoms with Crippen LogP contribution >= 0.6 is 11.3 Å². The molecule has 2 heterocycles. The summed E-state index contributed by atoms with van der Waals surface area (Å²) in [6.45, 7) is 5.00. The molecule has 10 heteroatoms. The number of amides is 1. The molecule has 0 radical (unpaired) electrons. The van der Waals surface area contributed by atoms with Crippen molar-refractivity contribution in [3.05, 3.63) is 81.6 Å². The number of thiazole rings is 1. The van der Waals surface area contributed by atoms with Crippen molar-refractivity contribution in [2.24, 2.45) is 17.8 Å². The summed E-state index contributed by atoms with van der Waals surface area (Å²) in [5.74, 6) is 0.490. The first-order chi connectivity index (χ1) is 17.2. The number of hydrogen-bond donors (Lipinski definition) is 0. The van der Waals surface area contributed by atoms with Crippen LogP contribution in [0.3, 0.4) is 0 Å². The molecular weight excluding hydrogens is 494 g/mol. The van der Waals surface area contributed by atoms with E-state index in [2.05, 4.69) is 14.6 Å². The van der Waals surface area contributed by atoms with Gasteiger partial charge in [-0.2, -0.15) is 0 Å². The summed E-state index contributed by atoms with van der Waals surface area (Å²) >= 11 is 1.32. The van der Waals surface area contributed by atoms with Crippen molar-refractivity contribution in [1.29, 1.82) is 0 Å². The Bertz CT molecular complexity index is 1220. The maximum atomic E-state index is 13.6. The van der Waals surface area contributed by atoms with Crippen molar-refractivity contribution in [2.45, 2.75) is 26.4 Å². The Hall–Kier alpha value is -2.98. The molecule has 2 unspecified atom stereocenters. The highest BCUT2D eigenvalue weighted by atomic mass is 32.1. The smallest absolute Gasteiger partial charge is 0.406 e. The first-order valence-corrected chi connectivity index (χ1v) is 12.6. The second-order valence-corrected chi connectivity index (χ2v) is 10.2. The number of rotatable bonds is 8. The van der Waals surface area contributed by atoms with Crippen molar-refractivity contribution in [3.63, 3.8) is 0 Å². The first kappa shape index (κ1) is 24.7. The number of aryl methyl sites for hydroxylation is 1. The number of ether oxygens (including phenoxy) is 1. The summed E-state index contributed by atoms with van der Waals surface area (Å²) in [6.07, 6.45) is -4.78. The Balaban J connectivity index is 1.24. The summed E-state index contributed by atoms with van der Waals surface area (Å²) in [6, 6.07) is 10.9. The maximum Gasteiger partial charge on any atom is 0.573 e. The van der Waals surface area contributed by atoms with Gasteiger partial charge in [0, 0.05) is 38.1 Å². The Kier molecular flexibility index (Phi) is 6.74. The van der Waals surface area contributed by atoms with Gasteiger partial charge in [-0.1, -0.05) is 24.3 Å². The molecule has 1 saturated heterocycles. The summed E-state index contributed by atoms with van der Waals surface area (Å²) in [4.78, 5) is 21.4. The molecule has 3 aromatic rings. The van der Waals surface area contributed by atoms with Crippen LogP contribution in [0.15, 0.2) is 53.4 Å². The summed E-state index contributed by atoms with van der Waals surface area (Å²) in [7, 11) is 0. The van der Waals surface area contributed by atoms with Gasteiger partial charge in [0.2, 0.25) is 0 Å². The molecule has 1 aromatic heterocycles. The van der Waals surface area contributed by atoms with E-state index in [1.54, 1.807) is 28.8 Å². The molecule has 36 heavy (non-hydrogen) atoms. The number of alkyl halides is 3. The van der Waals surface area contributed by atoms with E-state index in [4.69, 9.17) is 0 Å². The average molecular weight is 520 g/mol.